The first-order chi connectivity index (χ1) is 13.6. The number of carbonyl (C=O) groups is 1. The highest BCUT2D eigenvalue weighted by Gasteiger charge is 2.24. The van der Waals surface area contributed by atoms with Crippen LogP contribution in [0.15, 0.2) is 12.1 Å². The number of Topliss-reactive ketones (excluding diaryl/α,β-unsaturated/α-hetero) is 1. The number of ether oxygens (including phenoxy) is 1. The summed E-state index contributed by atoms with van der Waals surface area (Å²) in [5.41, 5.74) is 7.01. The number of hydrogen-bond acceptors (Lipinski definition) is 8. The van der Waals surface area contributed by atoms with Crippen LogP contribution in [0.2, 0.25) is 10.0 Å². The minimum absolute atomic E-state index is 0.129. The van der Waals surface area contributed by atoms with E-state index in [0.29, 0.717) is 42.8 Å². The van der Waals surface area contributed by atoms with Crippen LogP contribution in [0.1, 0.15) is 30.4 Å². The van der Waals surface area contributed by atoms with Gasteiger partial charge in [0.2, 0.25) is 5.95 Å². The van der Waals surface area contributed by atoms with Crippen LogP contribution in [0, 0.1) is 0 Å². The number of halogens is 2. The van der Waals surface area contributed by atoms with E-state index in [-0.39, 0.29) is 23.4 Å². The van der Waals surface area contributed by atoms with E-state index in [1.165, 1.54) is 25.4 Å². The zero-order valence-electron chi connectivity index (χ0n) is 16.3. The Bertz CT molecular complexity index is 1110. The van der Waals surface area contributed by atoms with Crippen LogP contribution in [0.25, 0.3) is 21.5 Å². The first-order valence-electron chi connectivity index (χ1n) is 8.61. The van der Waals surface area contributed by atoms with Gasteiger partial charge in [0, 0.05) is 12.5 Å². The average molecular weight is 455 g/mol. The molecule has 7 nitrogen and oxygen atoms in total. The standard InChI is InChI=1S/C19H20Cl2N4O3S/c1-8(27)16-14(22)12-15(9-5-10(20)13(21)11(6-9)28-4)23-18(24-17(12)29-16)25-19(2,3)7-26/h5-6,26H,7,22H2,1-4H3,(H,23,24,25). The van der Waals surface area contributed by atoms with Crippen molar-refractivity contribution in [1.29, 1.82) is 0 Å². The number of aromatic nitrogens is 2. The molecular formula is C19H20Cl2N4O3S. The molecule has 0 aliphatic carbocycles. The second kappa shape index (κ2) is 7.95. The smallest absolute Gasteiger partial charge is 0.225 e. The Kier molecular flexibility index (Phi) is 5.91. The number of nitrogen functional groups attached to an aromatic ring is 1. The molecule has 0 spiro atoms. The maximum absolute atomic E-state index is 12.0. The van der Waals surface area contributed by atoms with E-state index in [4.69, 9.17) is 33.7 Å². The summed E-state index contributed by atoms with van der Waals surface area (Å²) < 4.78 is 5.31. The summed E-state index contributed by atoms with van der Waals surface area (Å²) in [5, 5.41) is 13.8. The fraction of sp³-hybridized carbons (Fsp3) is 0.316. The highest BCUT2D eigenvalue weighted by Crippen LogP contribution is 2.42. The lowest BCUT2D eigenvalue weighted by atomic mass is 10.1. The maximum atomic E-state index is 12.0. The van der Waals surface area contributed by atoms with Crippen molar-refractivity contribution >= 4 is 62.2 Å². The van der Waals surface area contributed by atoms with Crippen molar-refractivity contribution in [2.24, 2.45) is 0 Å². The third kappa shape index (κ3) is 4.11. The van der Waals surface area contributed by atoms with E-state index in [1.807, 2.05) is 13.8 Å². The van der Waals surface area contributed by atoms with Crippen LogP contribution in [0.4, 0.5) is 11.6 Å². The molecule has 1 aromatic carbocycles. The van der Waals surface area contributed by atoms with Crippen molar-refractivity contribution in [1.82, 2.24) is 9.97 Å². The van der Waals surface area contributed by atoms with Gasteiger partial charge in [-0.05, 0) is 26.0 Å². The van der Waals surface area contributed by atoms with E-state index in [9.17, 15) is 9.90 Å². The second-order valence-corrected chi connectivity index (χ2v) is 8.90. The molecular weight excluding hydrogens is 435 g/mol. The first-order valence-corrected chi connectivity index (χ1v) is 10.2. The molecule has 154 valence electrons. The number of benzene rings is 1. The Morgan fingerprint density at radius 1 is 1.34 bits per heavy atom. The van der Waals surface area contributed by atoms with Gasteiger partial charge in [-0.3, -0.25) is 4.79 Å². The topological polar surface area (TPSA) is 110 Å². The number of ketones is 1. The zero-order valence-corrected chi connectivity index (χ0v) is 18.6. The van der Waals surface area contributed by atoms with Gasteiger partial charge in [-0.25, -0.2) is 9.97 Å². The molecule has 3 rings (SSSR count). The minimum atomic E-state index is -0.660. The highest BCUT2D eigenvalue weighted by atomic mass is 35.5. The average Bonchev–Trinajstić information content (AvgIpc) is 2.99. The molecule has 2 aromatic heterocycles. The van der Waals surface area contributed by atoms with Crippen LogP contribution in [0.3, 0.4) is 0 Å². The number of fused-ring (bicyclic) bond motifs is 1. The number of rotatable bonds is 6. The first kappa shape index (κ1) is 21.6. The molecule has 0 atom stereocenters. The predicted octanol–water partition coefficient (Wildman–Crippen LogP) is 4.64. The lowest BCUT2D eigenvalue weighted by Crippen LogP contribution is -2.35. The number of carbonyl (C=O) groups excluding carboxylic acids is 1. The Labute approximate surface area is 181 Å². The van der Waals surface area contributed by atoms with Gasteiger partial charge in [0.15, 0.2) is 5.78 Å². The SMILES string of the molecule is COc1cc(-c2nc(NC(C)(C)CO)nc3sc(C(C)=O)c(N)c23)cc(Cl)c1Cl. The maximum Gasteiger partial charge on any atom is 0.225 e. The molecule has 29 heavy (non-hydrogen) atoms. The molecule has 0 saturated carbocycles. The van der Waals surface area contributed by atoms with E-state index in [2.05, 4.69) is 15.3 Å². The summed E-state index contributed by atoms with van der Waals surface area (Å²) >= 11 is 13.7. The summed E-state index contributed by atoms with van der Waals surface area (Å²) in [6.45, 7) is 4.94. The van der Waals surface area contributed by atoms with Crippen LogP contribution < -0.4 is 15.8 Å². The van der Waals surface area contributed by atoms with Gasteiger partial charge in [0.25, 0.3) is 0 Å². The lowest BCUT2D eigenvalue weighted by Gasteiger charge is -2.23. The summed E-state index contributed by atoms with van der Waals surface area (Å²) in [7, 11) is 1.49. The highest BCUT2D eigenvalue weighted by molar-refractivity contribution is 7.21. The number of anilines is 2. The normalized spacial score (nSPS) is 11.7. The predicted molar refractivity (Wildman–Crippen MR) is 119 cm³/mol. The molecule has 4 N–H and O–H groups in total. The van der Waals surface area contributed by atoms with Gasteiger partial charge in [0.05, 0.1) is 45.9 Å². The largest absolute Gasteiger partial charge is 0.495 e. The van der Waals surface area contributed by atoms with Gasteiger partial charge in [-0.1, -0.05) is 23.2 Å². The molecule has 0 aliphatic heterocycles. The van der Waals surface area contributed by atoms with Crippen molar-refractivity contribution in [2.75, 3.05) is 24.8 Å². The molecule has 0 radical (unpaired) electrons. The fourth-order valence-electron chi connectivity index (χ4n) is 2.74. The number of nitrogens with two attached hydrogens (primary N) is 1. The minimum Gasteiger partial charge on any atom is -0.495 e. The Hall–Kier alpha value is -2.13. The van der Waals surface area contributed by atoms with Crippen LogP contribution >= 0.6 is 34.5 Å². The fourth-order valence-corrected chi connectivity index (χ4v) is 4.13. The van der Waals surface area contributed by atoms with Gasteiger partial charge in [-0.2, -0.15) is 0 Å². The number of hydrogen-bond donors (Lipinski definition) is 3. The molecule has 0 aliphatic rings. The van der Waals surface area contributed by atoms with Crippen LogP contribution in [-0.4, -0.2) is 40.1 Å². The molecule has 0 bridgehead atoms. The van der Waals surface area contributed by atoms with Crippen molar-refractivity contribution in [3.63, 3.8) is 0 Å². The molecule has 0 amide bonds. The number of methoxy groups -OCH3 is 1. The third-order valence-electron chi connectivity index (χ3n) is 4.24. The van der Waals surface area contributed by atoms with Crippen LogP contribution in [-0.2, 0) is 0 Å². The van der Waals surface area contributed by atoms with Crippen molar-refractivity contribution in [3.8, 4) is 17.0 Å². The Balaban J connectivity index is 2.34. The lowest BCUT2D eigenvalue weighted by molar-refractivity contribution is 0.102. The molecule has 10 heteroatoms. The number of nitrogens with zero attached hydrogens (tertiary/aromatic N) is 2. The molecule has 0 fully saturated rings. The molecule has 0 saturated heterocycles. The van der Waals surface area contributed by atoms with E-state index in [1.54, 1.807) is 12.1 Å². The van der Waals surface area contributed by atoms with Gasteiger partial charge in [0.1, 0.15) is 15.6 Å². The Morgan fingerprint density at radius 3 is 2.62 bits per heavy atom. The van der Waals surface area contributed by atoms with Gasteiger partial charge in [-0.15, -0.1) is 11.3 Å². The summed E-state index contributed by atoms with van der Waals surface area (Å²) in [4.78, 5) is 22.1. The van der Waals surface area contributed by atoms with Crippen LogP contribution in [0.5, 0.6) is 5.75 Å². The van der Waals surface area contributed by atoms with Crippen molar-refractivity contribution in [2.45, 2.75) is 26.3 Å². The number of aliphatic hydroxyl groups excluding tert-OH is 1. The number of aliphatic hydroxyl groups is 1. The third-order valence-corrected chi connectivity index (χ3v) is 6.23. The molecule has 2 heterocycles. The number of thiophene rings is 1. The Morgan fingerprint density at radius 2 is 2.03 bits per heavy atom. The second-order valence-electron chi connectivity index (χ2n) is 7.12. The number of nitrogens with one attached hydrogen (secondary N) is 1. The molecule has 0 unspecified atom stereocenters. The van der Waals surface area contributed by atoms with Crippen molar-refractivity contribution < 1.29 is 14.6 Å². The van der Waals surface area contributed by atoms with E-state index < -0.39 is 5.54 Å². The summed E-state index contributed by atoms with van der Waals surface area (Å²) in [6.07, 6.45) is 0. The summed E-state index contributed by atoms with van der Waals surface area (Å²) in [6, 6.07) is 3.35. The van der Waals surface area contributed by atoms with Gasteiger partial charge < -0.3 is 20.9 Å². The van der Waals surface area contributed by atoms with E-state index in [0.717, 1.165) is 0 Å². The van der Waals surface area contributed by atoms with E-state index >= 15 is 0 Å². The van der Waals surface area contributed by atoms with Crippen molar-refractivity contribution in [3.05, 3.63) is 27.1 Å². The zero-order chi connectivity index (χ0) is 21.5. The van der Waals surface area contributed by atoms with Gasteiger partial charge >= 0.3 is 0 Å². The molecule has 3 aromatic rings. The summed E-state index contributed by atoms with van der Waals surface area (Å²) in [5.74, 6) is 0.507. The monoisotopic (exact) mass is 454 g/mol. The quantitative estimate of drug-likeness (QED) is 0.465.